The summed E-state index contributed by atoms with van der Waals surface area (Å²) in [6, 6.07) is 0. The van der Waals surface area contributed by atoms with Crippen LogP contribution in [0.3, 0.4) is 0 Å². The fourth-order valence-corrected chi connectivity index (χ4v) is 2.42. The normalized spacial score (nSPS) is 11.5. The van der Waals surface area contributed by atoms with Crippen molar-refractivity contribution in [1.29, 1.82) is 0 Å². The third-order valence-electron chi connectivity index (χ3n) is 3.42. The topological polar surface area (TPSA) is 55.9 Å². The molecule has 0 spiro atoms. The number of hydrogen-bond donors (Lipinski definition) is 1. The van der Waals surface area contributed by atoms with Crippen LogP contribution in [-0.4, -0.2) is 21.5 Å². The van der Waals surface area contributed by atoms with Crippen molar-refractivity contribution in [3.8, 4) is 11.3 Å². The molecule has 0 saturated carbocycles. The Labute approximate surface area is 120 Å². The summed E-state index contributed by atoms with van der Waals surface area (Å²) >= 11 is 0. The second kappa shape index (κ2) is 6.22. The lowest BCUT2D eigenvalue weighted by molar-refractivity contribution is 0.430. The van der Waals surface area contributed by atoms with Crippen molar-refractivity contribution in [1.82, 2.24) is 20.3 Å². The van der Waals surface area contributed by atoms with Crippen molar-refractivity contribution in [2.45, 2.75) is 47.7 Å². The van der Waals surface area contributed by atoms with Gasteiger partial charge in [0.25, 0.3) is 0 Å². The summed E-state index contributed by atoms with van der Waals surface area (Å²) in [5.74, 6) is 1.47. The molecule has 0 atom stereocenters. The molecule has 0 aromatic carbocycles. The van der Waals surface area contributed by atoms with Gasteiger partial charge in [-0.3, -0.25) is 4.68 Å². The first kappa shape index (κ1) is 14.8. The highest BCUT2D eigenvalue weighted by atomic mass is 16.5. The average Bonchev–Trinajstić information content (AvgIpc) is 2.94. The fraction of sp³-hybridized carbons (Fsp3) is 0.600. The number of aromatic nitrogens is 3. The minimum atomic E-state index is 0.629. The zero-order valence-corrected chi connectivity index (χ0v) is 13.0. The van der Waals surface area contributed by atoms with Crippen molar-refractivity contribution in [3.05, 3.63) is 23.1 Å². The molecule has 5 heteroatoms. The van der Waals surface area contributed by atoms with E-state index in [-0.39, 0.29) is 0 Å². The summed E-state index contributed by atoms with van der Waals surface area (Å²) < 4.78 is 7.48. The van der Waals surface area contributed by atoms with Crippen LogP contribution in [0.25, 0.3) is 11.3 Å². The largest absolute Gasteiger partial charge is 0.356 e. The zero-order chi connectivity index (χ0) is 14.7. The summed E-state index contributed by atoms with van der Waals surface area (Å²) in [4.78, 5) is 0. The second-order valence-electron chi connectivity index (χ2n) is 5.57. The highest BCUT2D eigenvalue weighted by molar-refractivity contribution is 5.66. The maximum Gasteiger partial charge on any atom is 0.175 e. The number of rotatable bonds is 6. The van der Waals surface area contributed by atoms with Crippen molar-refractivity contribution in [3.63, 3.8) is 0 Å². The van der Waals surface area contributed by atoms with Crippen LogP contribution in [0.5, 0.6) is 0 Å². The second-order valence-corrected chi connectivity index (χ2v) is 5.57. The smallest absolute Gasteiger partial charge is 0.175 e. The van der Waals surface area contributed by atoms with Crippen molar-refractivity contribution >= 4 is 0 Å². The first-order valence-corrected chi connectivity index (χ1v) is 7.23. The van der Waals surface area contributed by atoms with Crippen LogP contribution in [0.15, 0.2) is 10.7 Å². The highest BCUT2D eigenvalue weighted by Crippen LogP contribution is 2.29. The van der Waals surface area contributed by atoms with Gasteiger partial charge in [-0.1, -0.05) is 19.0 Å². The summed E-state index contributed by atoms with van der Waals surface area (Å²) in [6.45, 7) is 13.2. The molecular weight excluding hydrogens is 252 g/mol. The Morgan fingerprint density at radius 1 is 1.35 bits per heavy atom. The van der Waals surface area contributed by atoms with Crippen LogP contribution in [0.4, 0.5) is 0 Å². The van der Waals surface area contributed by atoms with E-state index in [1.54, 1.807) is 6.20 Å². The van der Waals surface area contributed by atoms with E-state index in [2.05, 4.69) is 43.3 Å². The van der Waals surface area contributed by atoms with Crippen LogP contribution in [0.1, 0.15) is 37.7 Å². The average molecular weight is 276 g/mol. The fourth-order valence-electron chi connectivity index (χ4n) is 2.42. The van der Waals surface area contributed by atoms with E-state index >= 15 is 0 Å². The van der Waals surface area contributed by atoms with Crippen LogP contribution >= 0.6 is 0 Å². The molecule has 0 saturated heterocycles. The first-order valence-electron chi connectivity index (χ1n) is 7.23. The Morgan fingerprint density at radius 3 is 2.70 bits per heavy atom. The molecule has 2 aromatic rings. The van der Waals surface area contributed by atoms with E-state index in [4.69, 9.17) is 4.52 Å². The van der Waals surface area contributed by atoms with E-state index in [0.29, 0.717) is 5.92 Å². The number of aryl methyl sites for hydroxylation is 2. The standard InChI is InChI=1S/C15H24N4O/c1-6-19-12(5)14(11(4)18-19)15-13(9-17-20-15)8-16-7-10(2)3/h9-10,16H,6-8H2,1-5H3. The molecule has 0 bridgehead atoms. The van der Waals surface area contributed by atoms with Gasteiger partial charge < -0.3 is 9.84 Å². The van der Waals surface area contributed by atoms with Gasteiger partial charge >= 0.3 is 0 Å². The SMILES string of the molecule is CCn1nc(C)c(-c2oncc2CNCC(C)C)c1C. The molecule has 0 amide bonds. The molecule has 20 heavy (non-hydrogen) atoms. The van der Waals surface area contributed by atoms with Crippen LogP contribution < -0.4 is 5.32 Å². The van der Waals surface area contributed by atoms with Crippen LogP contribution in [-0.2, 0) is 13.1 Å². The molecule has 0 aliphatic carbocycles. The maximum absolute atomic E-state index is 5.48. The summed E-state index contributed by atoms with van der Waals surface area (Å²) in [5, 5.41) is 11.9. The van der Waals surface area contributed by atoms with E-state index in [1.807, 2.05) is 11.6 Å². The molecule has 2 heterocycles. The lowest BCUT2D eigenvalue weighted by Crippen LogP contribution is -2.19. The van der Waals surface area contributed by atoms with Gasteiger partial charge in [-0.05, 0) is 33.2 Å². The molecular formula is C15H24N4O. The Morgan fingerprint density at radius 2 is 2.10 bits per heavy atom. The maximum atomic E-state index is 5.48. The monoisotopic (exact) mass is 276 g/mol. The lowest BCUT2D eigenvalue weighted by atomic mass is 10.1. The third kappa shape index (κ3) is 2.93. The molecule has 0 fully saturated rings. The molecule has 110 valence electrons. The number of nitrogens with zero attached hydrogens (tertiary/aromatic N) is 3. The summed E-state index contributed by atoms with van der Waals surface area (Å²) in [6.07, 6.45) is 1.80. The number of hydrogen-bond acceptors (Lipinski definition) is 4. The molecule has 5 nitrogen and oxygen atoms in total. The van der Waals surface area contributed by atoms with Gasteiger partial charge in [0.05, 0.1) is 17.5 Å². The van der Waals surface area contributed by atoms with Crippen molar-refractivity contribution in [2.75, 3.05) is 6.54 Å². The Balaban J connectivity index is 2.26. The minimum Gasteiger partial charge on any atom is -0.356 e. The lowest BCUT2D eigenvalue weighted by Gasteiger charge is -2.07. The van der Waals surface area contributed by atoms with Gasteiger partial charge in [-0.25, -0.2) is 0 Å². The van der Waals surface area contributed by atoms with Gasteiger partial charge in [-0.15, -0.1) is 0 Å². The van der Waals surface area contributed by atoms with Crippen molar-refractivity contribution in [2.24, 2.45) is 5.92 Å². The molecule has 0 aliphatic rings. The van der Waals surface area contributed by atoms with Crippen molar-refractivity contribution < 1.29 is 4.52 Å². The molecule has 2 aromatic heterocycles. The first-order chi connectivity index (χ1) is 9.54. The van der Waals surface area contributed by atoms with E-state index in [9.17, 15) is 0 Å². The van der Waals surface area contributed by atoms with Gasteiger partial charge in [-0.2, -0.15) is 5.10 Å². The molecule has 0 radical (unpaired) electrons. The van der Waals surface area contributed by atoms with Gasteiger partial charge in [0.15, 0.2) is 5.76 Å². The molecule has 0 unspecified atom stereocenters. The van der Waals surface area contributed by atoms with Crippen LogP contribution in [0, 0.1) is 19.8 Å². The predicted molar refractivity (Wildman–Crippen MR) is 79.4 cm³/mol. The zero-order valence-electron chi connectivity index (χ0n) is 13.0. The Kier molecular flexibility index (Phi) is 4.60. The van der Waals surface area contributed by atoms with E-state index in [0.717, 1.165) is 47.9 Å². The summed E-state index contributed by atoms with van der Waals surface area (Å²) in [5.41, 5.74) is 4.29. The predicted octanol–water partition coefficient (Wildman–Crippen LogP) is 2.92. The van der Waals surface area contributed by atoms with Gasteiger partial charge in [0, 0.05) is 24.3 Å². The molecule has 0 aliphatic heterocycles. The Bertz CT molecular complexity index is 568. The van der Waals surface area contributed by atoms with Crippen LogP contribution in [0.2, 0.25) is 0 Å². The van der Waals surface area contributed by atoms with E-state index in [1.165, 1.54) is 0 Å². The molecule has 1 N–H and O–H groups in total. The quantitative estimate of drug-likeness (QED) is 0.881. The van der Waals surface area contributed by atoms with Gasteiger partial charge in [0.2, 0.25) is 0 Å². The summed E-state index contributed by atoms with van der Waals surface area (Å²) in [7, 11) is 0. The Hall–Kier alpha value is -1.62. The van der Waals surface area contributed by atoms with Gasteiger partial charge in [0.1, 0.15) is 0 Å². The highest BCUT2D eigenvalue weighted by Gasteiger charge is 2.19. The third-order valence-corrected chi connectivity index (χ3v) is 3.42. The number of nitrogens with one attached hydrogen (secondary N) is 1. The molecule has 2 rings (SSSR count). The minimum absolute atomic E-state index is 0.629. The van der Waals surface area contributed by atoms with E-state index < -0.39 is 0 Å².